The molecule has 0 saturated carbocycles. The van der Waals surface area contributed by atoms with Crippen molar-refractivity contribution in [1.82, 2.24) is 14.6 Å². The molecule has 21 heavy (non-hydrogen) atoms. The SMILES string of the molecule is CNC(=O)C1CCCN1S(=O)(=O)c1ccc(C(N)=S)nc1. The first-order valence-electron chi connectivity index (χ1n) is 6.37. The minimum Gasteiger partial charge on any atom is -0.388 e. The molecule has 1 amide bonds. The molecule has 0 spiro atoms. The van der Waals surface area contributed by atoms with Crippen LogP contribution in [-0.4, -0.2) is 48.2 Å². The lowest BCUT2D eigenvalue weighted by atomic mass is 10.2. The van der Waals surface area contributed by atoms with Gasteiger partial charge in [-0.05, 0) is 25.0 Å². The highest BCUT2D eigenvalue weighted by atomic mass is 32.2. The summed E-state index contributed by atoms with van der Waals surface area (Å²) >= 11 is 4.78. The van der Waals surface area contributed by atoms with Gasteiger partial charge in [0.1, 0.15) is 15.9 Å². The standard InChI is InChI=1S/C12H16N4O3S2/c1-14-12(17)10-3-2-6-16(10)21(18,19)8-4-5-9(11(13)20)15-7-8/h4-5,7,10H,2-3,6H2,1H3,(H2,13,20)(H,14,17). The number of hydrogen-bond acceptors (Lipinski definition) is 5. The van der Waals surface area contributed by atoms with Crippen molar-refractivity contribution in [3.63, 3.8) is 0 Å². The second-order valence-corrected chi connectivity index (χ2v) is 6.96. The van der Waals surface area contributed by atoms with Crippen LogP contribution in [0.1, 0.15) is 18.5 Å². The molecule has 0 aliphatic carbocycles. The van der Waals surface area contributed by atoms with Crippen LogP contribution in [0.15, 0.2) is 23.2 Å². The fourth-order valence-corrected chi connectivity index (χ4v) is 3.99. The number of amides is 1. The molecule has 0 radical (unpaired) electrons. The highest BCUT2D eigenvalue weighted by Gasteiger charge is 2.39. The molecule has 2 heterocycles. The minimum absolute atomic E-state index is 0.0262. The van der Waals surface area contributed by atoms with Crippen LogP contribution < -0.4 is 11.1 Å². The first kappa shape index (κ1) is 15.8. The number of carbonyl (C=O) groups excluding carboxylic acids is 1. The van der Waals surface area contributed by atoms with E-state index in [1.807, 2.05) is 0 Å². The van der Waals surface area contributed by atoms with E-state index in [1.54, 1.807) is 0 Å². The Kier molecular flexibility index (Phi) is 4.55. The van der Waals surface area contributed by atoms with E-state index < -0.39 is 16.1 Å². The molecule has 114 valence electrons. The van der Waals surface area contributed by atoms with Gasteiger partial charge in [-0.3, -0.25) is 9.78 Å². The van der Waals surface area contributed by atoms with Crippen LogP contribution in [0.3, 0.4) is 0 Å². The highest BCUT2D eigenvalue weighted by molar-refractivity contribution is 7.89. The van der Waals surface area contributed by atoms with E-state index in [-0.39, 0.29) is 15.8 Å². The second kappa shape index (κ2) is 6.04. The minimum atomic E-state index is -3.76. The van der Waals surface area contributed by atoms with Gasteiger partial charge in [0, 0.05) is 19.8 Å². The number of carbonyl (C=O) groups is 1. The maximum absolute atomic E-state index is 12.6. The zero-order valence-electron chi connectivity index (χ0n) is 11.4. The van der Waals surface area contributed by atoms with Crippen molar-refractivity contribution in [2.75, 3.05) is 13.6 Å². The molecule has 1 saturated heterocycles. The van der Waals surface area contributed by atoms with Crippen LogP contribution in [0.2, 0.25) is 0 Å². The summed E-state index contributed by atoms with van der Waals surface area (Å²) in [4.78, 5) is 15.8. The number of thiocarbonyl (C=S) groups is 1. The number of nitrogens with zero attached hydrogens (tertiary/aromatic N) is 2. The van der Waals surface area contributed by atoms with Crippen molar-refractivity contribution in [3.8, 4) is 0 Å². The molecule has 3 N–H and O–H groups in total. The lowest BCUT2D eigenvalue weighted by Crippen LogP contribution is -2.44. The van der Waals surface area contributed by atoms with Gasteiger partial charge in [-0.2, -0.15) is 4.31 Å². The highest BCUT2D eigenvalue weighted by Crippen LogP contribution is 2.25. The summed E-state index contributed by atoms with van der Waals surface area (Å²) in [6.45, 7) is 0.317. The van der Waals surface area contributed by atoms with Gasteiger partial charge in [0.15, 0.2) is 0 Å². The van der Waals surface area contributed by atoms with Crippen molar-refractivity contribution in [3.05, 3.63) is 24.0 Å². The van der Waals surface area contributed by atoms with Crippen LogP contribution in [0.5, 0.6) is 0 Å². The van der Waals surface area contributed by atoms with Gasteiger partial charge >= 0.3 is 0 Å². The molecule has 1 atom stereocenters. The Morgan fingerprint density at radius 2 is 2.24 bits per heavy atom. The van der Waals surface area contributed by atoms with Gasteiger partial charge in [-0.25, -0.2) is 8.42 Å². The van der Waals surface area contributed by atoms with E-state index >= 15 is 0 Å². The fourth-order valence-electron chi connectivity index (χ4n) is 2.27. The second-order valence-electron chi connectivity index (χ2n) is 4.63. The number of pyridine rings is 1. The van der Waals surface area contributed by atoms with Crippen LogP contribution in [0.25, 0.3) is 0 Å². The Morgan fingerprint density at radius 1 is 1.52 bits per heavy atom. The van der Waals surface area contributed by atoms with E-state index in [1.165, 1.54) is 29.7 Å². The largest absolute Gasteiger partial charge is 0.388 e. The third-order valence-corrected chi connectivity index (χ3v) is 5.45. The van der Waals surface area contributed by atoms with E-state index in [0.717, 1.165) is 0 Å². The number of rotatable bonds is 4. The maximum atomic E-state index is 12.6. The van der Waals surface area contributed by atoms with Crippen LogP contribution >= 0.6 is 12.2 Å². The molecular formula is C12H16N4O3S2. The molecule has 9 heteroatoms. The lowest BCUT2D eigenvalue weighted by molar-refractivity contribution is -0.123. The Balaban J connectivity index is 2.32. The summed E-state index contributed by atoms with van der Waals surface area (Å²) in [7, 11) is -2.27. The summed E-state index contributed by atoms with van der Waals surface area (Å²) in [5.41, 5.74) is 5.79. The lowest BCUT2D eigenvalue weighted by Gasteiger charge is -2.22. The van der Waals surface area contributed by atoms with Gasteiger partial charge in [0.05, 0.1) is 5.69 Å². The van der Waals surface area contributed by atoms with Crippen molar-refractivity contribution in [2.24, 2.45) is 5.73 Å². The Bertz CT molecular complexity index is 658. The predicted octanol–water partition coefficient (Wildman–Crippen LogP) is -0.385. The van der Waals surface area contributed by atoms with Gasteiger partial charge in [0.25, 0.3) is 0 Å². The molecular weight excluding hydrogens is 312 g/mol. The van der Waals surface area contributed by atoms with E-state index in [2.05, 4.69) is 10.3 Å². The Morgan fingerprint density at radius 3 is 2.76 bits per heavy atom. The van der Waals surface area contributed by atoms with Crippen LogP contribution in [0, 0.1) is 0 Å². The van der Waals surface area contributed by atoms with Gasteiger partial charge < -0.3 is 11.1 Å². The maximum Gasteiger partial charge on any atom is 0.245 e. The molecule has 1 fully saturated rings. The molecule has 1 aromatic heterocycles. The number of aromatic nitrogens is 1. The monoisotopic (exact) mass is 328 g/mol. The van der Waals surface area contributed by atoms with Crippen molar-refractivity contribution < 1.29 is 13.2 Å². The first-order valence-corrected chi connectivity index (χ1v) is 8.22. The van der Waals surface area contributed by atoms with Crippen LogP contribution in [0.4, 0.5) is 0 Å². The molecule has 7 nitrogen and oxygen atoms in total. The summed E-state index contributed by atoms with van der Waals surface area (Å²) in [5.74, 6) is -0.302. The van der Waals surface area contributed by atoms with Gasteiger partial charge in [0.2, 0.25) is 15.9 Å². The predicted molar refractivity (Wildman–Crippen MR) is 81.1 cm³/mol. The fraction of sp³-hybridized carbons (Fsp3) is 0.417. The number of sulfonamides is 1. The number of likely N-dealkylation sites (N-methyl/N-ethyl adjacent to an activating group) is 1. The summed E-state index contributed by atoms with van der Waals surface area (Å²) in [6.07, 6.45) is 2.37. The van der Waals surface area contributed by atoms with Gasteiger partial charge in [-0.15, -0.1) is 0 Å². The van der Waals surface area contributed by atoms with Crippen molar-refractivity contribution >= 4 is 33.1 Å². The third kappa shape index (κ3) is 3.04. The summed E-state index contributed by atoms with van der Waals surface area (Å²) in [6, 6.07) is 2.19. The molecule has 1 aliphatic heterocycles. The quantitative estimate of drug-likeness (QED) is 0.730. The number of hydrogen-bond donors (Lipinski definition) is 2. The van der Waals surface area contributed by atoms with E-state index in [0.29, 0.717) is 25.1 Å². The first-order chi connectivity index (χ1) is 9.87. The third-order valence-electron chi connectivity index (χ3n) is 3.35. The zero-order valence-corrected chi connectivity index (χ0v) is 13.1. The van der Waals surface area contributed by atoms with Crippen LogP contribution in [-0.2, 0) is 14.8 Å². The molecule has 1 unspecified atom stereocenters. The zero-order chi connectivity index (χ0) is 15.6. The molecule has 2 rings (SSSR count). The molecule has 0 aromatic carbocycles. The topological polar surface area (TPSA) is 105 Å². The summed E-state index contributed by atoms with van der Waals surface area (Å²) in [5, 5.41) is 2.49. The molecule has 1 aliphatic rings. The van der Waals surface area contributed by atoms with Crippen molar-refractivity contribution in [1.29, 1.82) is 0 Å². The Hall–Kier alpha value is -1.58. The normalized spacial score (nSPS) is 19.4. The Labute approximate surface area is 128 Å². The van der Waals surface area contributed by atoms with Crippen molar-refractivity contribution in [2.45, 2.75) is 23.8 Å². The van der Waals surface area contributed by atoms with E-state index in [9.17, 15) is 13.2 Å². The number of nitrogens with two attached hydrogens (primary N) is 1. The molecule has 0 bridgehead atoms. The van der Waals surface area contributed by atoms with E-state index in [4.69, 9.17) is 18.0 Å². The average molecular weight is 328 g/mol. The number of nitrogens with one attached hydrogen (secondary N) is 1. The smallest absolute Gasteiger partial charge is 0.245 e. The molecule has 1 aromatic rings. The summed E-state index contributed by atoms with van der Waals surface area (Å²) < 4.78 is 26.4. The average Bonchev–Trinajstić information content (AvgIpc) is 2.96. The van der Waals surface area contributed by atoms with Gasteiger partial charge in [-0.1, -0.05) is 12.2 Å².